The smallest absolute Gasteiger partial charge is 0.399 e. The summed E-state index contributed by atoms with van der Waals surface area (Å²) in [4.78, 5) is 24.5. The Morgan fingerprint density at radius 1 is 1.07 bits per heavy atom. The number of hydrogen-bond acceptors (Lipinski definition) is 5. The number of nitrogens with zero attached hydrogens (tertiary/aromatic N) is 1. The van der Waals surface area contributed by atoms with Gasteiger partial charge < -0.3 is 11.1 Å². The van der Waals surface area contributed by atoms with E-state index in [0.717, 1.165) is 30.3 Å². The van der Waals surface area contributed by atoms with Gasteiger partial charge in [0, 0.05) is 5.69 Å². The second-order valence-corrected chi connectivity index (χ2v) is 8.03. The van der Waals surface area contributed by atoms with E-state index < -0.39 is 38.7 Å². The minimum absolute atomic E-state index is 0.126. The lowest BCUT2D eigenvalue weighted by molar-refractivity contribution is -0.194. The highest BCUT2D eigenvalue weighted by atomic mass is 35.5. The molecule has 8 nitrogen and oxygen atoms in total. The van der Waals surface area contributed by atoms with Crippen LogP contribution in [-0.2, 0) is 14.8 Å². The van der Waals surface area contributed by atoms with Crippen LogP contribution in [0.25, 0.3) is 0 Å². The largest absolute Gasteiger partial charge is 0.435 e. The first-order valence-corrected chi connectivity index (χ1v) is 9.63. The van der Waals surface area contributed by atoms with Crippen molar-refractivity contribution in [2.75, 3.05) is 10.6 Å². The number of alkyl halides is 3. The van der Waals surface area contributed by atoms with Gasteiger partial charge in [-0.05, 0) is 36.4 Å². The molecule has 1 heterocycles. The lowest BCUT2D eigenvalue weighted by Gasteiger charge is -2.29. The van der Waals surface area contributed by atoms with Gasteiger partial charge in [0.15, 0.2) is 0 Å². The summed E-state index contributed by atoms with van der Waals surface area (Å²) in [5.41, 5.74) is 1.35. The standard InChI is InChI=1S/C16H12ClF3N4O4S/c17-11-3-1-2-4-12(11)24-13(25)15(16(18,19)20,22-14(24)26)23-29(27,28)10-7-5-9(21)6-8-10/h1-8,23H,21H2,(H,22,26)/t15-/m0/s1. The fraction of sp³-hybridized carbons (Fsp3) is 0.125. The summed E-state index contributed by atoms with van der Waals surface area (Å²) in [6.45, 7) is 0. The maximum atomic E-state index is 13.9. The van der Waals surface area contributed by atoms with Gasteiger partial charge in [0.2, 0.25) is 10.0 Å². The van der Waals surface area contributed by atoms with Crippen LogP contribution in [0.3, 0.4) is 0 Å². The normalized spacial score (nSPS) is 20.1. The van der Waals surface area contributed by atoms with Gasteiger partial charge in [-0.2, -0.15) is 17.9 Å². The zero-order valence-corrected chi connectivity index (χ0v) is 15.8. The molecule has 2 aromatic rings. The molecule has 3 amide bonds. The molecule has 1 aliphatic rings. The number of anilines is 2. The van der Waals surface area contributed by atoms with Gasteiger partial charge in [-0.1, -0.05) is 23.7 Å². The Kier molecular flexibility index (Phi) is 4.97. The van der Waals surface area contributed by atoms with Gasteiger partial charge in [-0.25, -0.2) is 18.1 Å². The van der Waals surface area contributed by atoms with E-state index in [1.54, 1.807) is 0 Å². The maximum absolute atomic E-state index is 13.9. The molecule has 1 fully saturated rings. The third kappa shape index (κ3) is 3.50. The van der Waals surface area contributed by atoms with E-state index in [4.69, 9.17) is 17.3 Å². The summed E-state index contributed by atoms with van der Waals surface area (Å²) < 4.78 is 68.0. The Bertz CT molecular complexity index is 1090. The predicted octanol–water partition coefficient (Wildman–Crippen LogP) is 2.22. The number of nitrogen functional groups attached to an aromatic ring is 1. The number of nitrogens with two attached hydrogens (primary N) is 1. The van der Waals surface area contributed by atoms with Crippen LogP contribution in [0, 0.1) is 0 Å². The fourth-order valence-corrected chi connectivity index (χ4v) is 4.10. The molecule has 1 atom stereocenters. The second kappa shape index (κ2) is 6.90. The number of urea groups is 1. The number of hydrogen-bond donors (Lipinski definition) is 3. The number of nitrogens with one attached hydrogen (secondary N) is 2. The van der Waals surface area contributed by atoms with Crippen molar-refractivity contribution in [1.82, 2.24) is 10.0 Å². The monoisotopic (exact) mass is 448 g/mol. The highest BCUT2D eigenvalue weighted by Crippen LogP contribution is 2.38. The van der Waals surface area contributed by atoms with Crippen LogP contribution in [0.5, 0.6) is 0 Å². The molecular formula is C16H12ClF3N4O4S. The predicted molar refractivity (Wildman–Crippen MR) is 97.4 cm³/mol. The minimum atomic E-state index is -5.52. The van der Waals surface area contributed by atoms with Crippen molar-refractivity contribution in [1.29, 1.82) is 0 Å². The SMILES string of the molecule is Nc1ccc(S(=O)(=O)N[C@@]2(C(F)(F)F)NC(=O)N(c3ccccc3Cl)C2=O)cc1. The van der Waals surface area contributed by atoms with Crippen molar-refractivity contribution in [3.8, 4) is 0 Å². The average molecular weight is 449 g/mol. The summed E-state index contributed by atoms with van der Waals surface area (Å²) in [5, 5.41) is 1.22. The van der Waals surface area contributed by atoms with Crippen LogP contribution < -0.4 is 20.7 Å². The molecule has 4 N–H and O–H groups in total. The van der Waals surface area contributed by atoms with Gasteiger partial charge in [-0.15, -0.1) is 0 Å². The molecule has 3 rings (SSSR count). The Morgan fingerprint density at radius 3 is 2.21 bits per heavy atom. The quantitative estimate of drug-likeness (QED) is 0.489. The highest BCUT2D eigenvalue weighted by molar-refractivity contribution is 7.89. The number of carbonyl (C=O) groups excluding carboxylic acids is 2. The van der Waals surface area contributed by atoms with Crippen molar-refractivity contribution in [2.45, 2.75) is 16.7 Å². The summed E-state index contributed by atoms with van der Waals surface area (Å²) in [7, 11) is -4.89. The summed E-state index contributed by atoms with van der Waals surface area (Å²) >= 11 is 5.88. The number of halogens is 4. The number of rotatable bonds is 4. The Balaban J connectivity index is 2.09. The van der Waals surface area contributed by atoms with E-state index in [0.29, 0.717) is 0 Å². The zero-order valence-electron chi connectivity index (χ0n) is 14.2. The molecule has 13 heteroatoms. The van der Waals surface area contributed by atoms with Crippen molar-refractivity contribution in [3.63, 3.8) is 0 Å². The first-order chi connectivity index (χ1) is 13.4. The number of imide groups is 1. The van der Waals surface area contributed by atoms with Gasteiger partial charge in [0.1, 0.15) is 0 Å². The summed E-state index contributed by atoms with van der Waals surface area (Å²) in [6.07, 6.45) is -5.52. The number of para-hydroxylation sites is 1. The molecular weight excluding hydrogens is 437 g/mol. The lowest BCUT2D eigenvalue weighted by Crippen LogP contribution is -2.69. The topological polar surface area (TPSA) is 122 Å². The zero-order chi connectivity index (χ0) is 21.6. The molecule has 0 unspecified atom stereocenters. The Morgan fingerprint density at radius 2 is 1.66 bits per heavy atom. The van der Waals surface area contributed by atoms with Gasteiger partial charge in [-0.3, -0.25) is 4.79 Å². The highest BCUT2D eigenvalue weighted by Gasteiger charge is 2.70. The summed E-state index contributed by atoms with van der Waals surface area (Å²) in [5.74, 6) is -1.90. The van der Waals surface area contributed by atoms with Crippen molar-refractivity contribution in [3.05, 3.63) is 53.6 Å². The molecule has 0 radical (unpaired) electrons. The average Bonchev–Trinajstić information content (AvgIpc) is 2.86. The maximum Gasteiger partial charge on any atom is 0.435 e. The summed E-state index contributed by atoms with van der Waals surface area (Å²) in [6, 6.07) is 7.88. The van der Waals surface area contributed by atoms with Crippen LogP contribution >= 0.6 is 11.6 Å². The van der Waals surface area contributed by atoms with Crippen molar-refractivity contribution < 1.29 is 31.2 Å². The molecule has 0 aliphatic carbocycles. The van der Waals surface area contributed by atoms with E-state index in [-0.39, 0.29) is 21.3 Å². The number of amides is 3. The molecule has 0 bridgehead atoms. The number of sulfonamides is 1. The molecule has 154 valence electrons. The molecule has 1 saturated heterocycles. The first kappa shape index (κ1) is 20.9. The number of benzene rings is 2. The molecule has 29 heavy (non-hydrogen) atoms. The van der Waals surface area contributed by atoms with Crippen LogP contribution in [0.15, 0.2) is 53.4 Å². The van der Waals surface area contributed by atoms with Gasteiger partial charge in [0.05, 0.1) is 15.6 Å². The van der Waals surface area contributed by atoms with E-state index in [1.807, 2.05) is 0 Å². The van der Waals surface area contributed by atoms with Gasteiger partial charge in [0.25, 0.3) is 11.6 Å². The van der Waals surface area contributed by atoms with Crippen LogP contribution in [0.2, 0.25) is 5.02 Å². The van der Waals surface area contributed by atoms with E-state index in [2.05, 4.69) is 0 Å². The van der Waals surface area contributed by atoms with E-state index in [9.17, 15) is 31.2 Å². The van der Waals surface area contributed by atoms with Gasteiger partial charge >= 0.3 is 12.2 Å². The molecule has 0 spiro atoms. The molecule has 1 aliphatic heterocycles. The van der Waals surface area contributed by atoms with Crippen LogP contribution in [0.1, 0.15) is 0 Å². The molecule has 0 saturated carbocycles. The fourth-order valence-electron chi connectivity index (χ4n) is 2.61. The Hall–Kier alpha value is -2.83. The molecule has 2 aromatic carbocycles. The third-order valence-corrected chi connectivity index (χ3v) is 5.81. The van der Waals surface area contributed by atoms with Crippen LogP contribution in [-0.4, -0.2) is 32.2 Å². The second-order valence-electron chi connectivity index (χ2n) is 5.94. The third-order valence-electron chi connectivity index (χ3n) is 4.02. The van der Waals surface area contributed by atoms with E-state index in [1.165, 1.54) is 28.2 Å². The number of carbonyl (C=O) groups is 2. The van der Waals surface area contributed by atoms with Crippen molar-refractivity contribution in [2.24, 2.45) is 0 Å². The van der Waals surface area contributed by atoms with Crippen molar-refractivity contribution >= 4 is 44.9 Å². The molecule has 0 aromatic heterocycles. The lowest BCUT2D eigenvalue weighted by atomic mass is 10.1. The minimum Gasteiger partial charge on any atom is -0.399 e. The van der Waals surface area contributed by atoms with E-state index >= 15 is 0 Å². The van der Waals surface area contributed by atoms with Crippen LogP contribution in [0.4, 0.5) is 29.3 Å². The Labute approximate surface area is 167 Å². The first-order valence-electron chi connectivity index (χ1n) is 7.76.